The molecule has 1 aliphatic rings. The maximum absolute atomic E-state index is 12.6. The van der Waals surface area contributed by atoms with E-state index in [0.29, 0.717) is 29.4 Å². The number of benzene rings is 1. The van der Waals surface area contributed by atoms with Gasteiger partial charge in [0.15, 0.2) is 0 Å². The number of hydrogen-bond acceptors (Lipinski definition) is 3. The number of amides is 1. The molecule has 1 aromatic carbocycles. The summed E-state index contributed by atoms with van der Waals surface area (Å²) < 4.78 is 25.6. The number of carbonyl (C=O) groups is 1. The number of rotatable bonds is 5. The van der Waals surface area contributed by atoms with E-state index >= 15 is 0 Å². The average Bonchev–Trinajstić information content (AvgIpc) is 2.54. The first-order valence-electron chi connectivity index (χ1n) is 8.08. The second-order valence-corrected chi connectivity index (χ2v) is 8.45. The lowest BCUT2D eigenvalue weighted by Gasteiger charge is -2.33. The highest BCUT2D eigenvalue weighted by Crippen LogP contribution is 2.28. The Labute approximate surface area is 149 Å². The zero-order chi connectivity index (χ0) is 17.9. The summed E-state index contributed by atoms with van der Waals surface area (Å²) in [6, 6.07) is 5.07. The predicted octanol–water partition coefficient (Wildman–Crippen LogP) is 0.161. The lowest BCUT2D eigenvalue weighted by Crippen LogP contribution is -3.14. The SMILES string of the molecule is CC[NH+]1CCN(C(=O)CN(c2cccc(Cl)c2C)S(C)(=O)=O)CC1. The van der Waals surface area contributed by atoms with Crippen LogP contribution in [0.3, 0.4) is 0 Å². The van der Waals surface area contributed by atoms with Gasteiger partial charge in [-0.05, 0) is 31.5 Å². The van der Waals surface area contributed by atoms with E-state index < -0.39 is 10.0 Å². The van der Waals surface area contributed by atoms with E-state index in [1.807, 2.05) is 0 Å². The molecule has 24 heavy (non-hydrogen) atoms. The van der Waals surface area contributed by atoms with Crippen LogP contribution < -0.4 is 9.21 Å². The normalized spacial score (nSPS) is 16.2. The number of piperazine rings is 1. The van der Waals surface area contributed by atoms with Gasteiger partial charge in [0.25, 0.3) is 0 Å². The summed E-state index contributed by atoms with van der Waals surface area (Å²) in [5.74, 6) is -0.171. The van der Waals surface area contributed by atoms with Gasteiger partial charge in [0.2, 0.25) is 15.9 Å². The minimum Gasteiger partial charge on any atom is -0.332 e. The highest BCUT2D eigenvalue weighted by molar-refractivity contribution is 7.92. The zero-order valence-corrected chi connectivity index (χ0v) is 16.0. The van der Waals surface area contributed by atoms with Crippen molar-refractivity contribution in [3.8, 4) is 0 Å². The van der Waals surface area contributed by atoms with Crippen molar-refractivity contribution in [2.75, 3.05) is 49.8 Å². The fourth-order valence-corrected chi connectivity index (χ4v) is 3.97. The largest absolute Gasteiger partial charge is 0.332 e. The van der Waals surface area contributed by atoms with Crippen LogP contribution in [0.15, 0.2) is 18.2 Å². The van der Waals surface area contributed by atoms with Crippen LogP contribution in [0.5, 0.6) is 0 Å². The molecule has 0 bridgehead atoms. The third-order valence-electron chi connectivity index (χ3n) is 4.51. The molecule has 1 amide bonds. The molecule has 1 aliphatic heterocycles. The van der Waals surface area contributed by atoms with Crippen molar-refractivity contribution < 1.29 is 18.1 Å². The molecule has 0 radical (unpaired) electrons. The minimum absolute atomic E-state index is 0.171. The number of hydrogen-bond donors (Lipinski definition) is 1. The third-order valence-corrected chi connectivity index (χ3v) is 6.05. The molecule has 0 aromatic heterocycles. The Morgan fingerprint density at radius 2 is 1.96 bits per heavy atom. The second kappa shape index (κ2) is 7.72. The van der Waals surface area contributed by atoms with E-state index in [-0.39, 0.29) is 12.5 Å². The van der Waals surface area contributed by atoms with E-state index in [1.165, 1.54) is 4.90 Å². The maximum Gasteiger partial charge on any atom is 0.243 e. The molecule has 0 atom stereocenters. The van der Waals surface area contributed by atoms with Crippen LogP contribution in [0.1, 0.15) is 12.5 Å². The van der Waals surface area contributed by atoms with Crippen molar-refractivity contribution in [3.63, 3.8) is 0 Å². The van der Waals surface area contributed by atoms with Gasteiger partial charge in [0.05, 0.1) is 44.7 Å². The van der Waals surface area contributed by atoms with Crippen molar-refractivity contribution >= 4 is 33.2 Å². The zero-order valence-electron chi connectivity index (χ0n) is 14.4. The van der Waals surface area contributed by atoms with Crippen LogP contribution in [-0.4, -0.2) is 64.7 Å². The standard InChI is InChI=1S/C16H24ClN3O3S/c1-4-18-8-10-19(11-9-18)16(21)12-20(24(3,22)23)15-7-5-6-14(17)13(15)2/h5-7H,4,8-12H2,1-3H3/p+1. The quantitative estimate of drug-likeness (QED) is 0.798. The first-order chi connectivity index (χ1) is 11.2. The molecule has 2 rings (SSSR count). The number of nitrogens with zero attached hydrogens (tertiary/aromatic N) is 2. The van der Waals surface area contributed by atoms with Crippen LogP contribution in [0.4, 0.5) is 5.69 Å². The summed E-state index contributed by atoms with van der Waals surface area (Å²) in [5, 5.41) is 0.480. The molecule has 6 nitrogen and oxygen atoms in total. The van der Waals surface area contributed by atoms with Crippen LogP contribution in [-0.2, 0) is 14.8 Å². The lowest BCUT2D eigenvalue weighted by atomic mass is 10.2. The van der Waals surface area contributed by atoms with Crippen LogP contribution >= 0.6 is 11.6 Å². The van der Waals surface area contributed by atoms with Gasteiger partial charge in [-0.15, -0.1) is 0 Å². The lowest BCUT2D eigenvalue weighted by molar-refractivity contribution is -0.902. The van der Waals surface area contributed by atoms with Gasteiger partial charge >= 0.3 is 0 Å². The third kappa shape index (κ3) is 4.40. The van der Waals surface area contributed by atoms with Gasteiger partial charge in [0.1, 0.15) is 6.54 Å². The highest BCUT2D eigenvalue weighted by atomic mass is 35.5. The molecule has 0 spiro atoms. The number of carbonyl (C=O) groups excluding carboxylic acids is 1. The van der Waals surface area contributed by atoms with E-state index in [2.05, 4.69) is 6.92 Å². The fourth-order valence-electron chi connectivity index (χ4n) is 2.90. The molecule has 1 aromatic rings. The summed E-state index contributed by atoms with van der Waals surface area (Å²) in [6.07, 6.45) is 1.11. The molecule has 8 heteroatoms. The number of likely N-dealkylation sites (N-methyl/N-ethyl adjacent to an activating group) is 1. The number of halogens is 1. The maximum atomic E-state index is 12.6. The van der Waals surface area contributed by atoms with E-state index in [0.717, 1.165) is 30.2 Å². The second-order valence-electron chi connectivity index (χ2n) is 6.14. The Kier molecular flexibility index (Phi) is 6.11. The Morgan fingerprint density at radius 3 is 2.50 bits per heavy atom. The van der Waals surface area contributed by atoms with Gasteiger partial charge in [-0.3, -0.25) is 9.10 Å². The number of anilines is 1. The molecule has 0 unspecified atom stereocenters. The molecule has 134 valence electrons. The van der Waals surface area contributed by atoms with Gasteiger partial charge in [-0.2, -0.15) is 0 Å². The summed E-state index contributed by atoms with van der Waals surface area (Å²) in [5.41, 5.74) is 1.11. The highest BCUT2D eigenvalue weighted by Gasteiger charge is 2.28. The molecule has 1 N–H and O–H groups in total. The molecule has 1 heterocycles. The molecule has 1 fully saturated rings. The van der Waals surface area contributed by atoms with Crippen molar-refractivity contribution in [1.29, 1.82) is 0 Å². The Hall–Kier alpha value is -1.31. The molecule has 0 saturated carbocycles. The Balaban J connectivity index is 2.19. The van der Waals surface area contributed by atoms with Crippen LogP contribution in [0.2, 0.25) is 5.02 Å². The number of nitrogens with one attached hydrogen (secondary N) is 1. The molecule has 0 aliphatic carbocycles. The monoisotopic (exact) mass is 374 g/mol. The smallest absolute Gasteiger partial charge is 0.243 e. The van der Waals surface area contributed by atoms with Gasteiger partial charge in [-0.25, -0.2) is 8.42 Å². The van der Waals surface area contributed by atoms with Crippen LogP contribution in [0, 0.1) is 6.92 Å². The first kappa shape index (κ1) is 19.0. The summed E-state index contributed by atoms with van der Waals surface area (Å²) >= 11 is 6.11. The van der Waals surface area contributed by atoms with Crippen LogP contribution in [0.25, 0.3) is 0 Å². The van der Waals surface area contributed by atoms with E-state index in [4.69, 9.17) is 11.6 Å². The summed E-state index contributed by atoms with van der Waals surface area (Å²) in [4.78, 5) is 15.8. The van der Waals surface area contributed by atoms with Crippen molar-refractivity contribution in [3.05, 3.63) is 28.8 Å². The fraction of sp³-hybridized carbons (Fsp3) is 0.562. The average molecular weight is 375 g/mol. The topological polar surface area (TPSA) is 62.1 Å². The van der Waals surface area contributed by atoms with Crippen molar-refractivity contribution in [1.82, 2.24) is 4.90 Å². The Bertz CT molecular complexity index is 701. The van der Waals surface area contributed by atoms with Gasteiger partial charge in [0, 0.05) is 5.02 Å². The molecular formula is C16H25ClN3O3S+. The van der Waals surface area contributed by atoms with Gasteiger partial charge < -0.3 is 9.80 Å². The Morgan fingerprint density at radius 1 is 1.33 bits per heavy atom. The van der Waals surface area contributed by atoms with E-state index in [9.17, 15) is 13.2 Å². The predicted molar refractivity (Wildman–Crippen MR) is 96.2 cm³/mol. The first-order valence-corrected chi connectivity index (χ1v) is 10.3. The van der Waals surface area contributed by atoms with E-state index in [1.54, 1.807) is 30.0 Å². The van der Waals surface area contributed by atoms with Crippen molar-refractivity contribution in [2.45, 2.75) is 13.8 Å². The molecular weight excluding hydrogens is 350 g/mol. The minimum atomic E-state index is -3.58. The van der Waals surface area contributed by atoms with Gasteiger partial charge in [-0.1, -0.05) is 17.7 Å². The number of sulfonamides is 1. The van der Waals surface area contributed by atoms with Crippen molar-refractivity contribution in [2.24, 2.45) is 0 Å². The number of quaternary nitrogens is 1. The molecule has 1 saturated heterocycles. The summed E-state index contributed by atoms with van der Waals surface area (Å²) in [7, 11) is -3.58. The summed E-state index contributed by atoms with van der Waals surface area (Å²) in [6.45, 7) is 7.85.